The lowest BCUT2D eigenvalue weighted by molar-refractivity contribution is 0.0249. The van der Waals surface area contributed by atoms with E-state index in [1.165, 1.54) is 5.56 Å². The highest BCUT2D eigenvalue weighted by Crippen LogP contribution is 2.23. The highest BCUT2D eigenvalue weighted by molar-refractivity contribution is 5.95. The number of hydrogen-bond acceptors (Lipinski definition) is 4. The summed E-state index contributed by atoms with van der Waals surface area (Å²) < 4.78 is 7.35. The zero-order chi connectivity index (χ0) is 17.4. The van der Waals surface area contributed by atoms with Crippen molar-refractivity contribution in [3.8, 4) is 0 Å². The maximum absolute atomic E-state index is 12.9. The Bertz CT molecular complexity index is 733. The van der Waals surface area contributed by atoms with E-state index in [0.29, 0.717) is 11.3 Å². The number of piperazine rings is 1. The second-order valence-corrected chi connectivity index (χ2v) is 6.80. The van der Waals surface area contributed by atoms with Gasteiger partial charge < -0.3 is 9.32 Å². The molecule has 6 nitrogen and oxygen atoms in total. The van der Waals surface area contributed by atoms with Crippen molar-refractivity contribution in [1.29, 1.82) is 0 Å². The predicted molar refractivity (Wildman–Crippen MR) is 91.8 cm³/mol. The van der Waals surface area contributed by atoms with Crippen molar-refractivity contribution < 1.29 is 9.21 Å². The first-order chi connectivity index (χ1) is 11.4. The normalized spacial score (nSPS) is 22.1. The molecular formula is C18H26N4O2. The van der Waals surface area contributed by atoms with E-state index in [1.54, 1.807) is 0 Å². The first kappa shape index (κ1) is 16.8. The Labute approximate surface area is 143 Å². The van der Waals surface area contributed by atoms with Crippen LogP contribution in [0, 0.1) is 13.8 Å². The number of furan rings is 1. The molecule has 0 spiro atoms. The van der Waals surface area contributed by atoms with Crippen LogP contribution in [0.15, 0.2) is 22.9 Å². The number of aromatic nitrogens is 2. The first-order valence-corrected chi connectivity index (χ1v) is 8.46. The Morgan fingerprint density at radius 2 is 2.04 bits per heavy atom. The fraction of sp³-hybridized carbons (Fsp3) is 0.556. The number of aryl methyl sites for hydroxylation is 3. The van der Waals surface area contributed by atoms with Crippen molar-refractivity contribution in [2.24, 2.45) is 7.05 Å². The Kier molecular flexibility index (Phi) is 4.49. The lowest BCUT2D eigenvalue weighted by Gasteiger charge is -2.45. The molecule has 6 heteroatoms. The molecule has 0 N–H and O–H groups in total. The summed E-state index contributed by atoms with van der Waals surface area (Å²) in [5.74, 6) is 1.56. The van der Waals surface area contributed by atoms with Crippen molar-refractivity contribution in [3.63, 3.8) is 0 Å². The third kappa shape index (κ3) is 3.11. The number of rotatable bonds is 3. The van der Waals surface area contributed by atoms with Crippen molar-refractivity contribution in [2.75, 3.05) is 13.1 Å². The molecule has 1 amide bonds. The molecule has 0 saturated carbocycles. The van der Waals surface area contributed by atoms with E-state index in [-0.39, 0.29) is 18.0 Å². The highest BCUT2D eigenvalue weighted by atomic mass is 16.3. The molecule has 2 aromatic rings. The minimum Gasteiger partial charge on any atom is -0.466 e. The van der Waals surface area contributed by atoms with Crippen LogP contribution in [0.25, 0.3) is 0 Å². The molecule has 130 valence electrons. The van der Waals surface area contributed by atoms with Crippen molar-refractivity contribution >= 4 is 5.91 Å². The van der Waals surface area contributed by atoms with Crippen LogP contribution in [0.1, 0.15) is 41.3 Å². The summed E-state index contributed by atoms with van der Waals surface area (Å²) >= 11 is 0. The zero-order valence-electron chi connectivity index (χ0n) is 15.1. The minimum atomic E-state index is 0.0738. The Morgan fingerprint density at radius 1 is 1.29 bits per heavy atom. The van der Waals surface area contributed by atoms with Gasteiger partial charge in [0.2, 0.25) is 0 Å². The van der Waals surface area contributed by atoms with Crippen LogP contribution >= 0.6 is 0 Å². The average molecular weight is 330 g/mol. The molecule has 0 bridgehead atoms. The maximum Gasteiger partial charge on any atom is 0.257 e. The molecule has 3 heterocycles. The van der Waals surface area contributed by atoms with E-state index >= 15 is 0 Å². The smallest absolute Gasteiger partial charge is 0.257 e. The number of carbonyl (C=O) groups is 1. The maximum atomic E-state index is 12.9. The van der Waals surface area contributed by atoms with Crippen LogP contribution in [-0.4, -0.2) is 50.7 Å². The van der Waals surface area contributed by atoms with Crippen molar-refractivity contribution in [3.05, 3.63) is 41.1 Å². The zero-order valence-corrected chi connectivity index (χ0v) is 15.1. The van der Waals surface area contributed by atoms with Crippen LogP contribution in [0.4, 0.5) is 0 Å². The third-order valence-electron chi connectivity index (χ3n) is 5.07. The van der Waals surface area contributed by atoms with E-state index in [2.05, 4.69) is 23.8 Å². The topological polar surface area (TPSA) is 54.5 Å². The standard InChI is InChI=1S/C18H26N4O2/c1-12-8-17(15(4)24-12)18(23)22-7-6-21(13(2)14(22)3)11-16-9-19-20(5)10-16/h8-10,13-14H,6-7,11H2,1-5H3/t13-,14-/m1/s1. The van der Waals surface area contributed by atoms with E-state index in [0.717, 1.165) is 25.4 Å². The van der Waals surface area contributed by atoms with E-state index in [9.17, 15) is 4.79 Å². The minimum absolute atomic E-state index is 0.0738. The van der Waals surface area contributed by atoms with Gasteiger partial charge in [-0.25, -0.2) is 0 Å². The third-order valence-corrected chi connectivity index (χ3v) is 5.07. The Balaban J connectivity index is 1.71. The van der Waals surface area contributed by atoms with Gasteiger partial charge in [-0.2, -0.15) is 5.10 Å². The number of hydrogen-bond donors (Lipinski definition) is 0. The van der Waals surface area contributed by atoms with Crippen LogP contribution in [0.5, 0.6) is 0 Å². The molecule has 3 rings (SSSR count). The summed E-state index contributed by atoms with van der Waals surface area (Å²) in [5.41, 5.74) is 1.89. The van der Waals surface area contributed by atoms with E-state index < -0.39 is 0 Å². The van der Waals surface area contributed by atoms with Gasteiger partial charge in [0, 0.05) is 50.5 Å². The summed E-state index contributed by atoms with van der Waals surface area (Å²) in [4.78, 5) is 17.3. The molecule has 0 aliphatic carbocycles. The molecule has 2 atom stereocenters. The molecule has 24 heavy (non-hydrogen) atoms. The SMILES string of the molecule is Cc1cc(C(=O)N2CCN(Cc3cnn(C)c3)[C@H](C)[C@H]2C)c(C)o1. The molecule has 1 fully saturated rings. The van der Waals surface area contributed by atoms with Gasteiger partial charge in [0.15, 0.2) is 0 Å². The van der Waals surface area contributed by atoms with E-state index in [4.69, 9.17) is 4.42 Å². The second-order valence-electron chi connectivity index (χ2n) is 6.80. The van der Waals surface area contributed by atoms with Crippen LogP contribution < -0.4 is 0 Å². The molecule has 1 aliphatic heterocycles. The van der Waals surface area contributed by atoms with Gasteiger partial charge in [-0.05, 0) is 33.8 Å². The predicted octanol–water partition coefficient (Wildman–Crippen LogP) is 2.36. The molecule has 2 aromatic heterocycles. The molecule has 1 aliphatic rings. The van der Waals surface area contributed by atoms with Crippen LogP contribution in [0.2, 0.25) is 0 Å². The van der Waals surface area contributed by atoms with Gasteiger partial charge in [0.25, 0.3) is 5.91 Å². The average Bonchev–Trinajstić information content (AvgIpc) is 3.08. The highest BCUT2D eigenvalue weighted by Gasteiger charge is 2.34. The summed E-state index contributed by atoms with van der Waals surface area (Å²) in [5, 5.41) is 4.24. The second kappa shape index (κ2) is 6.43. The summed E-state index contributed by atoms with van der Waals surface area (Å²) in [7, 11) is 1.93. The molecule has 0 unspecified atom stereocenters. The van der Waals surface area contributed by atoms with E-state index in [1.807, 2.05) is 48.9 Å². The Morgan fingerprint density at radius 3 is 2.62 bits per heavy atom. The first-order valence-electron chi connectivity index (χ1n) is 8.46. The van der Waals surface area contributed by atoms with Crippen molar-refractivity contribution in [2.45, 2.75) is 46.3 Å². The van der Waals surface area contributed by atoms with Crippen LogP contribution in [0.3, 0.4) is 0 Å². The van der Waals surface area contributed by atoms with Gasteiger partial charge in [0.05, 0.1) is 11.8 Å². The number of carbonyl (C=O) groups excluding carboxylic acids is 1. The van der Waals surface area contributed by atoms with Gasteiger partial charge in [0.1, 0.15) is 11.5 Å². The molecule has 1 saturated heterocycles. The molecular weight excluding hydrogens is 304 g/mol. The number of nitrogens with zero attached hydrogens (tertiary/aromatic N) is 4. The van der Waals surface area contributed by atoms with Crippen molar-refractivity contribution in [1.82, 2.24) is 19.6 Å². The lowest BCUT2D eigenvalue weighted by atomic mass is 10.0. The molecule has 0 aromatic carbocycles. The van der Waals surface area contributed by atoms with Gasteiger partial charge >= 0.3 is 0 Å². The largest absolute Gasteiger partial charge is 0.466 e. The fourth-order valence-corrected chi connectivity index (χ4v) is 3.50. The quantitative estimate of drug-likeness (QED) is 0.867. The summed E-state index contributed by atoms with van der Waals surface area (Å²) in [6.07, 6.45) is 3.96. The summed E-state index contributed by atoms with van der Waals surface area (Å²) in [6, 6.07) is 2.28. The molecule has 0 radical (unpaired) electrons. The lowest BCUT2D eigenvalue weighted by Crippen LogP contribution is -2.58. The number of amides is 1. The fourth-order valence-electron chi connectivity index (χ4n) is 3.50. The monoisotopic (exact) mass is 330 g/mol. The van der Waals surface area contributed by atoms with Gasteiger partial charge in [-0.1, -0.05) is 0 Å². The van der Waals surface area contributed by atoms with Gasteiger partial charge in [-0.3, -0.25) is 14.4 Å². The Hall–Kier alpha value is -2.08. The van der Waals surface area contributed by atoms with Gasteiger partial charge in [-0.15, -0.1) is 0 Å². The van der Waals surface area contributed by atoms with Crippen LogP contribution in [-0.2, 0) is 13.6 Å². The summed E-state index contributed by atoms with van der Waals surface area (Å²) in [6.45, 7) is 10.5.